The summed E-state index contributed by atoms with van der Waals surface area (Å²) in [6.07, 6.45) is 9.00. The van der Waals surface area contributed by atoms with Crippen LogP contribution in [-0.2, 0) is 60.4 Å². The number of nitrogens with zero attached hydrogens (tertiary/aromatic N) is 4. The van der Waals surface area contributed by atoms with E-state index in [0.717, 1.165) is 64.3 Å². The number of anilines is 1. The Balaban J connectivity index is 0.925. The van der Waals surface area contributed by atoms with Gasteiger partial charge >= 0.3 is 5.97 Å². The van der Waals surface area contributed by atoms with E-state index in [4.69, 9.17) is 18.9 Å². The lowest BCUT2D eigenvalue weighted by Gasteiger charge is -2.63. The number of aliphatic hydroxyl groups excluding tert-OH is 1. The summed E-state index contributed by atoms with van der Waals surface area (Å²) in [6, 6.07) is 10.6. The number of esters is 1. The average Bonchev–Trinajstić information content (AvgIpc) is 4.37. The van der Waals surface area contributed by atoms with Gasteiger partial charge in [0.1, 0.15) is 23.9 Å². The third kappa shape index (κ3) is 8.26. The van der Waals surface area contributed by atoms with Crippen LogP contribution in [0.2, 0.25) is 0 Å². The molecule has 20 heteroatoms. The monoisotopic (exact) mass is 1030 g/mol. The summed E-state index contributed by atoms with van der Waals surface area (Å²) in [5.41, 5.74) is 4.80. The van der Waals surface area contributed by atoms with Crippen LogP contribution in [0.5, 0.6) is 5.75 Å². The van der Waals surface area contributed by atoms with Crippen molar-refractivity contribution in [1.82, 2.24) is 35.9 Å². The lowest BCUT2D eigenvalue weighted by atomic mass is 9.47. The molecule has 1 aliphatic carbocycles. The van der Waals surface area contributed by atoms with Crippen LogP contribution in [0.1, 0.15) is 68.3 Å². The number of aliphatic hydroxyl groups is 2. The molecule has 20 nitrogen and oxygen atoms in total. The van der Waals surface area contributed by atoms with E-state index in [1.165, 1.54) is 12.7 Å². The van der Waals surface area contributed by atoms with Crippen molar-refractivity contribution in [2.45, 2.75) is 87.1 Å². The second kappa shape index (κ2) is 20.3. The number of H-pyrrole nitrogens is 1. The molecule has 6 aliphatic heterocycles. The molecule has 1 saturated heterocycles. The first-order valence-electron chi connectivity index (χ1n) is 26.1. The summed E-state index contributed by atoms with van der Waals surface area (Å²) in [6.45, 7) is 7.36. The maximum Gasteiger partial charge on any atom is 0.322 e. The van der Waals surface area contributed by atoms with Crippen LogP contribution in [0.3, 0.4) is 0 Å². The number of benzene rings is 2. The van der Waals surface area contributed by atoms with Gasteiger partial charge in [-0.2, -0.15) is 0 Å². The maximum absolute atomic E-state index is 15.3. The number of amides is 5. The first kappa shape index (κ1) is 52.0. The molecule has 4 unspecified atom stereocenters. The van der Waals surface area contributed by atoms with Crippen molar-refractivity contribution >= 4 is 52.1 Å². The van der Waals surface area contributed by atoms with Crippen molar-refractivity contribution in [1.29, 1.82) is 0 Å². The van der Waals surface area contributed by atoms with Crippen LogP contribution in [-0.4, -0.2) is 176 Å². The van der Waals surface area contributed by atoms with Crippen molar-refractivity contribution < 1.29 is 57.9 Å². The van der Waals surface area contributed by atoms with Crippen LogP contribution in [0.15, 0.2) is 72.4 Å². The number of carbonyl (C=O) groups is 6. The molecule has 75 heavy (non-hydrogen) atoms. The Bertz CT molecular complexity index is 2880. The molecule has 2 fully saturated rings. The number of imide groups is 1. The Hall–Kier alpha value is -6.42. The zero-order valence-electron chi connectivity index (χ0n) is 43.2. The highest BCUT2D eigenvalue weighted by molar-refractivity contribution is 6.13. The van der Waals surface area contributed by atoms with E-state index in [9.17, 15) is 34.2 Å². The molecule has 2 aromatic carbocycles. The molecule has 6 N–H and O–H groups in total. The van der Waals surface area contributed by atoms with E-state index >= 15 is 4.79 Å². The number of methoxy groups -OCH3 is 2. The van der Waals surface area contributed by atoms with Gasteiger partial charge in [0.25, 0.3) is 23.6 Å². The molecule has 10 rings (SSSR count). The number of aromatic amines is 1. The van der Waals surface area contributed by atoms with Gasteiger partial charge in [-0.25, -0.2) is 0 Å². The van der Waals surface area contributed by atoms with Gasteiger partial charge in [0.15, 0.2) is 5.60 Å². The topological polar surface area (TPSA) is 245 Å². The number of para-hydroxylation sites is 1. The molecule has 1 spiro atoms. The van der Waals surface area contributed by atoms with Crippen LogP contribution >= 0.6 is 0 Å². The predicted molar refractivity (Wildman–Crippen MR) is 274 cm³/mol. The molecule has 1 aromatic heterocycles. The second-order valence-corrected chi connectivity index (χ2v) is 21.0. The number of carbonyl (C=O) groups excluding carboxylic acids is 6. The van der Waals surface area contributed by atoms with Gasteiger partial charge in [-0.1, -0.05) is 55.8 Å². The predicted octanol–water partition coefficient (Wildman–Crippen LogP) is 1.62. The largest absolute Gasteiger partial charge is 0.496 e. The molecular formula is C55H68N8O12. The SMILES string of the molecule is CCC1=CC2CN(C1)Cc1c([nH]c3ccccc13)[C@@](C(=O)OC)(c1cc3c(cc1OC)N(C)C1[C@]34CCN3CC=C[C@](CC)(C34)[C@@H](O)[C@]1(O)C(=O)NNC(=O)COCCOCCNC(=O)CCN1C(=O)C=CC1=O)C2. The molecule has 5 amide bonds. The van der Waals surface area contributed by atoms with Crippen molar-refractivity contribution in [3.63, 3.8) is 0 Å². The third-order valence-corrected chi connectivity index (χ3v) is 17.3. The fourth-order valence-corrected chi connectivity index (χ4v) is 14.2. The van der Waals surface area contributed by atoms with Gasteiger partial charge in [0, 0.05) is 116 Å². The quantitative estimate of drug-likeness (QED) is 0.0370. The van der Waals surface area contributed by atoms with Crippen molar-refractivity contribution in [3.05, 3.63) is 94.7 Å². The Morgan fingerprint density at radius 3 is 2.45 bits per heavy atom. The molecule has 9 atom stereocenters. The minimum Gasteiger partial charge on any atom is -0.496 e. The number of hydrogen-bond acceptors (Lipinski definition) is 15. The minimum atomic E-state index is -2.53. The van der Waals surface area contributed by atoms with Gasteiger partial charge in [-0.15, -0.1) is 0 Å². The van der Waals surface area contributed by atoms with E-state index in [2.05, 4.69) is 56.1 Å². The molecule has 400 valence electrons. The molecular weight excluding hydrogens is 965 g/mol. The third-order valence-electron chi connectivity index (χ3n) is 17.3. The second-order valence-electron chi connectivity index (χ2n) is 21.0. The summed E-state index contributed by atoms with van der Waals surface area (Å²) in [5.74, 6) is -3.04. The number of nitrogens with one attached hydrogen (secondary N) is 4. The number of hydrazine groups is 1. The lowest BCUT2D eigenvalue weighted by molar-refractivity contribution is -0.204. The van der Waals surface area contributed by atoms with Crippen LogP contribution in [0.25, 0.3) is 10.9 Å². The van der Waals surface area contributed by atoms with Gasteiger partial charge in [0.05, 0.1) is 40.1 Å². The number of rotatable bonds is 17. The van der Waals surface area contributed by atoms with Crippen molar-refractivity contribution in [2.75, 3.05) is 91.9 Å². The van der Waals surface area contributed by atoms with E-state index in [1.54, 1.807) is 14.2 Å². The first-order valence-corrected chi connectivity index (χ1v) is 26.1. The highest BCUT2D eigenvalue weighted by atomic mass is 16.5. The smallest absolute Gasteiger partial charge is 0.322 e. The standard InChI is InChI=1S/C55H68N8O12/c1-6-33-25-34-28-54(51(70)73-5,46-36(31-61(29-33)30-34)35-11-8-9-12-39(35)57-46)38-26-37-40(27-41(38)72-4)60(3)48-53(37)17-21-62-19-10-16-52(7-2,47(53)62)49(68)55(48,71)50(69)59-58-43(65)32-75-24-23-74-22-18-56-42(64)15-20-63-44(66)13-14-45(63)67/h8-14,16,25-27,34,47-49,57,68,71H,6-7,15,17-24,28-32H2,1-5H3,(H,56,64)(H,58,65)(H,59,69)/t34?,47?,48?,49-,52-,53-,54+,55+/m1/s1. The summed E-state index contributed by atoms with van der Waals surface area (Å²) in [5, 5.41) is 30.0. The lowest BCUT2D eigenvalue weighted by Crippen LogP contribution is -2.82. The Morgan fingerprint density at radius 2 is 1.71 bits per heavy atom. The molecule has 7 aliphatic rings. The van der Waals surface area contributed by atoms with Crippen LogP contribution in [0, 0.1) is 11.3 Å². The van der Waals surface area contributed by atoms with E-state index < -0.39 is 76.2 Å². The zero-order chi connectivity index (χ0) is 53.0. The Labute approximate surface area is 435 Å². The summed E-state index contributed by atoms with van der Waals surface area (Å²) >= 11 is 0. The minimum absolute atomic E-state index is 0.000917. The summed E-state index contributed by atoms with van der Waals surface area (Å²) < 4.78 is 23.3. The molecule has 3 aromatic rings. The number of aromatic nitrogens is 1. The molecule has 1 saturated carbocycles. The first-order chi connectivity index (χ1) is 36.1. The van der Waals surface area contributed by atoms with Crippen LogP contribution in [0.4, 0.5) is 5.69 Å². The van der Waals surface area contributed by atoms with Crippen molar-refractivity contribution in [3.8, 4) is 5.75 Å². The number of ether oxygens (including phenoxy) is 4. The molecule has 2 bridgehead atoms. The normalized spacial score (nSPS) is 30.2. The van der Waals surface area contributed by atoms with Gasteiger partial charge in [-0.3, -0.25) is 54.3 Å². The van der Waals surface area contributed by atoms with Gasteiger partial charge < -0.3 is 44.4 Å². The highest BCUT2D eigenvalue weighted by Crippen LogP contribution is 2.67. The fraction of sp³-hybridized carbons (Fsp3) is 0.527. The molecule has 7 heterocycles. The highest BCUT2D eigenvalue weighted by Gasteiger charge is 2.79. The van der Waals surface area contributed by atoms with Gasteiger partial charge in [0.2, 0.25) is 5.91 Å². The number of likely N-dealkylation sites (N-methyl/N-ethyl adjacent to an activating group) is 1. The van der Waals surface area contributed by atoms with Gasteiger partial charge in [-0.05, 0) is 61.4 Å². The summed E-state index contributed by atoms with van der Waals surface area (Å²) in [7, 11) is 4.81. The van der Waals surface area contributed by atoms with Crippen molar-refractivity contribution in [2.24, 2.45) is 11.3 Å². The van der Waals surface area contributed by atoms with Crippen LogP contribution < -0.4 is 25.8 Å². The van der Waals surface area contributed by atoms with E-state index in [1.807, 2.05) is 48.2 Å². The Kier molecular flexibility index (Phi) is 14.1. The fourth-order valence-electron chi connectivity index (χ4n) is 14.2. The average molecular weight is 1030 g/mol. The van der Waals surface area contributed by atoms with E-state index in [0.29, 0.717) is 55.9 Å². The zero-order valence-corrected chi connectivity index (χ0v) is 43.2. The molecule has 0 radical (unpaired) electrons. The van der Waals surface area contributed by atoms with E-state index in [-0.39, 0.29) is 51.2 Å². The summed E-state index contributed by atoms with van der Waals surface area (Å²) in [4.78, 5) is 90.5. The number of fused-ring (bicyclic) bond motifs is 6. The Morgan fingerprint density at radius 1 is 0.933 bits per heavy atom. The number of hydrogen-bond donors (Lipinski definition) is 6. The maximum atomic E-state index is 15.3.